The molecule has 1 unspecified atom stereocenters. The maximum Gasteiger partial charge on any atom is 0.161 e. The van der Waals surface area contributed by atoms with Crippen LogP contribution in [0.2, 0.25) is 5.02 Å². The molecule has 140 valence electrons. The molecule has 0 aromatic heterocycles. The summed E-state index contributed by atoms with van der Waals surface area (Å²) >= 11 is 6.12. The average molecular weight is 375 g/mol. The van der Waals surface area contributed by atoms with Crippen molar-refractivity contribution in [3.63, 3.8) is 0 Å². The number of benzene rings is 2. The van der Waals surface area contributed by atoms with Crippen molar-refractivity contribution in [3.8, 4) is 11.5 Å². The van der Waals surface area contributed by atoms with Crippen LogP contribution in [0, 0.1) is 0 Å². The van der Waals surface area contributed by atoms with Crippen LogP contribution in [0.1, 0.15) is 30.5 Å². The number of methoxy groups -OCH3 is 1. The molecule has 0 radical (unpaired) electrons. The number of halogens is 1. The zero-order valence-corrected chi connectivity index (χ0v) is 16.3. The molecule has 1 N–H and O–H groups in total. The van der Waals surface area contributed by atoms with Crippen molar-refractivity contribution in [2.45, 2.75) is 19.4 Å². The number of nitrogens with one attached hydrogen (secondary N) is 1. The van der Waals surface area contributed by atoms with Crippen LogP contribution in [0.3, 0.4) is 0 Å². The van der Waals surface area contributed by atoms with Crippen molar-refractivity contribution in [2.75, 3.05) is 39.9 Å². The highest BCUT2D eigenvalue weighted by Crippen LogP contribution is 2.36. The third-order valence-corrected chi connectivity index (χ3v) is 4.98. The first kappa shape index (κ1) is 19.0. The number of hydrogen-bond acceptors (Lipinski definition) is 4. The van der Waals surface area contributed by atoms with Crippen LogP contribution in [0.4, 0.5) is 0 Å². The van der Waals surface area contributed by atoms with E-state index in [9.17, 15) is 0 Å². The van der Waals surface area contributed by atoms with Gasteiger partial charge in [0.15, 0.2) is 11.5 Å². The second-order valence-electron chi connectivity index (χ2n) is 6.44. The van der Waals surface area contributed by atoms with E-state index >= 15 is 0 Å². The Morgan fingerprint density at radius 1 is 1.04 bits per heavy atom. The summed E-state index contributed by atoms with van der Waals surface area (Å²) in [6.45, 7) is 6.72. The molecule has 0 saturated carbocycles. The molecule has 2 aromatic rings. The Hall–Kier alpha value is -1.75. The number of ether oxygens (including phenoxy) is 2. The Morgan fingerprint density at radius 3 is 2.54 bits per heavy atom. The second-order valence-corrected chi connectivity index (χ2v) is 6.87. The van der Waals surface area contributed by atoms with Crippen molar-refractivity contribution < 1.29 is 9.47 Å². The number of hydrogen-bond donors (Lipinski definition) is 1. The highest BCUT2D eigenvalue weighted by atomic mass is 35.5. The molecule has 1 atom stereocenters. The highest BCUT2D eigenvalue weighted by molar-refractivity contribution is 6.30. The third-order valence-electron chi connectivity index (χ3n) is 4.73. The summed E-state index contributed by atoms with van der Waals surface area (Å²) in [5, 5.41) is 4.25. The molecule has 4 nitrogen and oxygen atoms in total. The summed E-state index contributed by atoms with van der Waals surface area (Å²) in [5.41, 5.74) is 2.45. The molecule has 5 heteroatoms. The van der Waals surface area contributed by atoms with E-state index in [0.717, 1.165) is 49.1 Å². The van der Waals surface area contributed by atoms with Gasteiger partial charge < -0.3 is 14.8 Å². The van der Waals surface area contributed by atoms with E-state index in [2.05, 4.69) is 34.5 Å². The van der Waals surface area contributed by atoms with Crippen molar-refractivity contribution in [1.82, 2.24) is 10.2 Å². The van der Waals surface area contributed by atoms with Crippen LogP contribution in [0.25, 0.3) is 0 Å². The summed E-state index contributed by atoms with van der Waals surface area (Å²) in [6.07, 6.45) is 1.14. The Bertz CT molecular complexity index is 698. The maximum absolute atomic E-state index is 6.12. The standard InChI is InChI=1S/C21H27ClN2O2/c1-3-26-20-15-17(7-10-19(20)25-2)21(16-5-8-18(22)9-6-16)24-13-4-11-23-12-14-24/h5-10,15,21,23H,3-4,11-14H2,1-2H3. The van der Waals surface area contributed by atoms with Gasteiger partial charge in [0, 0.05) is 24.7 Å². The van der Waals surface area contributed by atoms with Crippen LogP contribution < -0.4 is 14.8 Å². The molecular weight excluding hydrogens is 348 g/mol. The molecule has 0 aliphatic carbocycles. The molecule has 0 amide bonds. The molecule has 1 aliphatic heterocycles. The van der Waals surface area contributed by atoms with E-state index in [1.807, 2.05) is 25.1 Å². The lowest BCUT2D eigenvalue weighted by molar-refractivity contribution is 0.240. The number of rotatable bonds is 6. The molecule has 1 saturated heterocycles. The molecule has 1 heterocycles. The van der Waals surface area contributed by atoms with E-state index in [0.29, 0.717) is 6.61 Å². The van der Waals surface area contributed by atoms with Crippen LogP contribution in [-0.2, 0) is 0 Å². The second kappa shape index (κ2) is 9.26. The first-order valence-corrected chi connectivity index (χ1v) is 9.61. The fourth-order valence-electron chi connectivity index (χ4n) is 3.52. The third kappa shape index (κ3) is 4.50. The first-order valence-electron chi connectivity index (χ1n) is 9.24. The van der Waals surface area contributed by atoms with Gasteiger partial charge in [-0.1, -0.05) is 29.8 Å². The van der Waals surface area contributed by atoms with Gasteiger partial charge in [-0.2, -0.15) is 0 Å². The fraction of sp³-hybridized carbons (Fsp3) is 0.429. The molecule has 2 aromatic carbocycles. The van der Waals surface area contributed by atoms with Gasteiger partial charge in [-0.15, -0.1) is 0 Å². The quantitative estimate of drug-likeness (QED) is 0.824. The van der Waals surface area contributed by atoms with Crippen molar-refractivity contribution in [2.24, 2.45) is 0 Å². The Balaban J connectivity index is 2.01. The van der Waals surface area contributed by atoms with Crippen molar-refractivity contribution in [3.05, 3.63) is 58.6 Å². The van der Waals surface area contributed by atoms with Gasteiger partial charge in [0.25, 0.3) is 0 Å². The van der Waals surface area contributed by atoms with Crippen LogP contribution in [-0.4, -0.2) is 44.8 Å². The summed E-state index contributed by atoms with van der Waals surface area (Å²) < 4.78 is 11.3. The lowest BCUT2D eigenvalue weighted by atomic mass is 9.96. The Morgan fingerprint density at radius 2 is 1.81 bits per heavy atom. The van der Waals surface area contributed by atoms with Gasteiger partial charge in [-0.25, -0.2) is 0 Å². The first-order chi connectivity index (χ1) is 12.7. The summed E-state index contributed by atoms with van der Waals surface area (Å²) in [6, 6.07) is 14.6. The normalized spacial score (nSPS) is 16.7. The largest absolute Gasteiger partial charge is 0.493 e. The van der Waals surface area contributed by atoms with E-state index in [4.69, 9.17) is 21.1 Å². The molecule has 1 fully saturated rings. The smallest absolute Gasteiger partial charge is 0.161 e. The zero-order chi connectivity index (χ0) is 18.4. The minimum Gasteiger partial charge on any atom is -0.493 e. The van der Waals surface area contributed by atoms with E-state index in [1.165, 1.54) is 11.1 Å². The van der Waals surface area contributed by atoms with E-state index in [-0.39, 0.29) is 6.04 Å². The van der Waals surface area contributed by atoms with Crippen LogP contribution >= 0.6 is 11.6 Å². The summed E-state index contributed by atoms with van der Waals surface area (Å²) in [7, 11) is 1.68. The molecule has 1 aliphatic rings. The molecule has 0 bridgehead atoms. The predicted octanol–water partition coefficient (Wildman–Crippen LogP) is 4.13. The van der Waals surface area contributed by atoms with E-state index < -0.39 is 0 Å². The van der Waals surface area contributed by atoms with Gasteiger partial charge in [0.2, 0.25) is 0 Å². The zero-order valence-electron chi connectivity index (χ0n) is 15.5. The predicted molar refractivity (Wildman–Crippen MR) is 107 cm³/mol. The minimum atomic E-state index is 0.164. The fourth-order valence-corrected chi connectivity index (χ4v) is 3.64. The van der Waals surface area contributed by atoms with E-state index in [1.54, 1.807) is 7.11 Å². The van der Waals surface area contributed by atoms with Gasteiger partial charge in [-0.05, 0) is 55.3 Å². The van der Waals surface area contributed by atoms with Crippen LogP contribution in [0.5, 0.6) is 11.5 Å². The average Bonchev–Trinajstić information content (AvgIpc) is 2.93. The van der Waals surface area contributed by atoms with Gasteiger partial charge in [0.1, 0.15) is 0 Å². The van der Waals surface area contributed by atoms with Gasteiger partial charge >= 0.3 is 0 Å². The lowest BCUT2D eigenvalue weighted by Gasteiger charge is -2.31. The van der Waals surface area contributed by atoms with Crippen molar-refractivity contribution >= 4 is 11.6 Å². The highest BCUT2D eigenvalue weighted by Gasteiger charge is 2.24. The maximum atomic E-state index is 6.12. The Labute approximate surface area is 161 Å². The van der Waals surface area contributed by atoms with Crippen molar-refractivity contribution in [1.29, 1.82) is 0 Å². The molecule has 3 rings (SSSR count). The molecule has 0 spiro atoms. The topological polar surface area (TPSA) is 33.7 Å². The molecule has 26 heavy (non-hydrogen) atoms. The Kier molecular flexibility index (Phi) is 6.78. The molecular formula is C21H27ClN2O2. The monoisotopic (exact) mass is 374 g/mol. The van der Waals surface area contributed by atoms with Gasteiger partial charge in [-0.3, -0.25) is 4.90 Å². The number of nitrogens with zero attached hydrogens (tertiary/aromatic N) is 1. The van der Waals surface area contributed by atoms with Gasteiger partial charge in [0.05, 0.1) is 19.8 Å². The van der Waals surface area contributed by atoms with Crippen LogP contribution in [0.15, 0.2) is 42.5 Å². The summed E-state index contributed by atoms with van der Waals surface area (Å²) in [4.78, 5) is 2.53. The SMILES string of the molecule is CCOc1cc(C(c2ccc(Cl)cc2)N2CCCNCC2)ccc1OC. The lowest BCUT2D eigenvalue weighted by Crippen LogP contribution is -2.33. The minimum absolute atomic E-state index is 0.164. The summed E-state index contributed by atoms with van der Waals surface area (Å²) in [5.74, 6) is 1.56.